The molecule has 1 aliphatic rings. The molecule has 4 nitrogen and oxygen atoms in total. The first-order chi connectivity index (χ1) is 9.51. The van der Waals surface area contributed by atoms with Gasteiger partial charge in [0.15, 0.2) is 0 Å². The molecule has 1 amide bonds. The second kappa shape index (κ2) is 5.65. The van der Waals surface area contributed by atoms with Gasteiger partial charge in [0, 0.05) is 13.1 Å². The topological polar surface area (TPSA) is 57.6 Å². The molecule has 20 heavy (non-hydrogen) atoms. The van der Waals surface area contributed by atoms with Crippen LogP contribution in [-0.2, 0) is 15.0 Å². The zero-order chi connectivity index (χ0) is 14.8. The number of benzene rings is 1. The third-order valence-corrected chi connectivity index (χ3v) is 4.07. The summed E-state index contributed by atoms with van der Waals surface area (Å²) in [4.78, 5) is 25.4. The van der Waals surface area contributed by atoms with E-state index in [1.807, 2.05) is 37.3 Å². The van der Waals surface area contributed by atoms with E-state index in [-0.39, 0.29) is 12.5 Å². The molecule has 0 aromatic heterocycles. The van der Waals surface area contributed by atoms with Crippen molar-refractivity contribution in [2.45, 2.75) is 32.1 Å². The van der Waals surface area contributed by atoms with Crippen LogP contribution in [0.2, 0.25) is 0 Å². The van der Waals surface area contributed by atoms with Crippen LogP contribution in [0.1, 0.15) is 32.3 Å². The van der Waals surface area contributed by atoms with Crippen LogP contribution in [0.4, 0.5) is 0 Å². The zero-order valence-electron chi connectivity index (χ0n) is 12.0. The van der Waals surface area contributed by atoms with Gasteiger partial charge in [-0.05, 0) is 25.3 Å². The van der Waals surface area contributed by atoms with Gasteiger partial charge in [0.25, 0.3) is 0 Å². The third kappa shape index (κ3) is 2.69. The highest BCUT2D eigenvalue weighted by Crippen LogP contribution is 2.49. The highest BCUT2D eigenvalue weighted by molar-refractivity contribution is 5.91. The summed E-state index contributed by atoms with van der Waals surface area (Å²) in [5.41, 5.74) is 0.640. The fourth-order valence-corrected chi connectivity index (χ4v) is 2.58. The molecule has 0 bridgehead atoms. The minimum absolute atomic E-state index is 0.0688. The van der Waals surface area contributed by atoms with Crippen molar-refractivity contribution >= 4 is 11.9 Å². The number of nitrogens with zero attached hydrogens (tertiary/aromatic N) is 1. The van der Waals surface area contributed by atoms with E-state index in [4.69, 9.17) is 5.11 Å². The quantitative estimate of drug-likeness (QED) is 0.866. The van der Waals surface area contributed by atoms with Gasteiger partial charge in [0.05, 0.1) is 11.3 Å². The lowest BCUT2D eigenvalue weighted by molar-refractivity contribution is -0.143. The summed E-state index contributed by atoms with van der Waals surface area (Å²) in [6.45, 7) is 4.36. The van der Waals surface area contributed by atoms with Crippen molar-refractivity contribution in [2.75, 3.05) is 13.1 Å². The van der Waals surface area contributed by atoms with Crippen molar-refractivity contribution in [3.8, 4) is 0 Å². The van der Waals surface area contributed by atoms with Crippen LogP contribution < -0.4 is 0 Å². The molecular formula is C16H21NO3. The molecular weight excluding hydrogens is 254 g/mol. The number of carboxylic acids is 1. The van der Waals surface area contributed by atoms with Crippen molar-refractivity contribution in [2.24, 2.45) is 5.92 Å². The van der Waals surface area contributed by atoms with Gasteiger partial charge in [-0.2, -0.15) is 0 Å². The molecule has 0 heterocycles. The van der Waals surface area contributed by atoms with E-state index < -0.39 is 17.3 Å². The molecule has 1 aliphatic carbocycles. The lowest BCUT2D eigenvalue weighted by atomic mass is 9.94. The Morgan fingerprint density at radius 1 is 1.30 bits per heavy atom. The minimum atomic E-state index is -0.860. The van der Waals surface area contributed by atoms with E-state index in [9.17, 15) is 9.59 Å². The number of aliphatic carboxylic acids is 1. The monoisotopic (exact) mass is 275 g/mol. The first-order valence-corrected chi connectivity index (χ1v) is 7.09. The summed E-state index contributed by atoms with van der Waals surface area (Å²) in [6, 6.07) is 9.80. The first kappa shape index (κ1) is 14.6. The number of rotatable bonds is 6. The maximum atomic E-state index is 12.8. The first-order valence-electron chi connectivity index (χ1n) is 7.09. The van der Waals surface area contributed by atoms with Crippen LogP contribution >= 0.6 is 0 Å². The van der Waals surface area contributed by atoms with Crippen LogP contribution in [0.5, 0.6) is 0 Å². The van der Waals surface area contributed by atoms with Crippen molar-refractivity contribution in [1.29, 1.82) is 0 Å². The number of hydrogen-bond donors (Lipinski definition) is 1. The minimum Gasteiger partial charge on any atom is -0.481 e. The van der Waals surface area contributed by atoms with Crippen LogP contribution in [0.25, 0.3) is 0 Å². The Hall–Kier alpha value is -1.84. The van der Waals surface area contributed by atoms with Crippen LogP contribution in [-0.4, -0.2) is 35.0 Å². The number of carboxylic acid groups (broad SMARTS) is 1. The number of carbonyl (C=O) groups is 2. The molecule has 2 rings (SSSR count). The molecule has 1 saturated carbocycles. The van der Waals surface area contributed by atoms with Gasteiger partial charge in [-0.15, -0.1) is 0 Å². The van der Waals surface area contributed by atoms with Crippen LogP contribution in [0, 0.1) is 5.92 Å². The van der Waals surface area contributed by atoms with Crippen molar-refractivity contribution in [1.82, 2.24) is 4.90 Å². The van der Waals surface area contributed by atoms with Gasteiger partial charge in [-0.1, -0.05) is 37.3 Å². The van der Waals surface area contributed by atoms with E-state index in [2.05, 4.69) is 0 Å². The number of carbonyl (C=O) groups excluding carboxylic acids is 1. The SMILES string of the molecule is CCN(CC(C)C(=O)O)C(=O)C1(c2ccccc2)CC1. The third-order valence-electron chi connectivity index (χ3n) is 4.07. The lowest BCUT2D eigenvalue weighted by Crippen LogP contribution is -2.42. The normalized spacial score (nSPS) is 17.3. The van der Waals surface area contributed by atoms with Crippen LogP contribution in [0.3, 0.4) is 0 Å². The molecule has 1 N–H and O–H groups in total. The van der Waals surface area contributed by atoms with E-state index in [0.717, 1.165) is 18.4 Å². The Morgan fingerprint density at radius 3 is 2.35 bits per heavy atom. The average molecular weight is 275 g/mol. The predicted octanol–water partition coefficient (Wildman–Crippen LogP) is 2.29. The summed E-state index contributed by atoms with van der Waals surface area (Å²) in [6.07, 6.45) is 1.71. The second-order valence-corrected chi connectivity index (χ2v) is 5.53. The second-order valence-electron chi connectivity index (χ2n) is 5.53. The summed E-state index contributed by atoms with van der Waals surface area (Å²) in [7, 11) is 0. The van der Waals surface area contributed by atoms with E-state index in [0.29, 0.717) is 6.54 Å². The zero-order valence-corrected chi connectivity index (χ0v) is 12.0. The number of likely N-dealkylation sites (N-methyl/N-ethyl adjacent to an activating group) is 1. The Morgan fingerprint density at radius 2 is 1.90 bits per heavy atom. The maximum absolute atomic E-state index is 12.8. The molecule has 1 fully saturated rings. The summed E-state index contributed by atoms with van der Waals surface area (Å²) >= 11 is 0. The van der Waals surface area contributed by atoms with Gasteiger partial charge >= 0.3 is 5.97 Å². The smallest absolute Gasteiger partial charge is 0.308 e. The van der Waals surface area contributed by atoms with Crippen molar-refractivity contribution in [3.05, 3.63) is 35.9 Å². The Bertz CT molecular complexity index is 494. The van der Waals surface area contributed by atoms with Gasteiger partial charge in [-0.3, -0.25) is 9.59 Å². The highest BCUT2D eigenvalue weighted by Gasteiger charge is 2.52. The van der Waals surface area contributed by atoms with Gasteiger partial charge in [0.2, 0.25) is 5.91 Å². The highest BCUT2D eigenvalue weighted by atomic mass is 16.4. The average Bonchev–Trinajstić information content (AvgIpc) is 3.26. The van der Waals surface area contributed by atoms with Crippen LogP contribution in [0.15, 0.2) is 30.3 Å². The van der Waals surface area contributed by atoms with Gasteiger partial charge in [0.1, 0.15) is 0 Å². The number of amides is 1. The fourth-order valence-electron chi connectivity index (χ4n) is 2.58. The lowest BCUT2D eigenvalue weighted by Gasteiger charge is -2.28. The van der Waals surface area contributed by atoms with E-state index >= 15 is 0 Å². The largest absolute Gasteiger partial charge is 0.481 e. The molecule has 0 aliphatic heterocycles. The van der Waals surface area contributed by atoms with Crippen molar-refractivity contribution in [3.63, 3.8) is 0 Å². The molecule has 1 unspecified atom stereocenters. The van der Waals surface area contributed by atoms with E-state index in [1.165, 1.54) is 0 Å². The fraction of sp³-hybridized carbons (Fsp3) is 0.500. The summed E-state index contributed by atoms with van der Waals surface area (Å²) in [5.74, 6) is -1.33. The molecule has 4 heteroatoms. The number of hydrogen-bond acceptors (Lipinski definition) is 2. The maximum Gasteiger partial charge on any atom is 0.308 e. The molecule has 1 aromatic carbocycles. The standard InChI is InChI=1S/C16H21NO3/c1-3-17(11-12(2)14(18)19)15(20)16(9-10-16)13-7-5-4-6-8-13/h4-8,12H,3,9-11H2,1-2H3,(H,18,19). The Balaban J connectivity index is 2.15. The van der Waals surface area contributed by atoms with Gasteiger partial charge < -0.3 is 10.0 Å². The summed E-state index contributed by atoms with van der Waals surface area (Å²) < 4.78 is 0. The van der Waals surface area contributed by atoms with Gasteiger partial charge in [-0.25, -0.2) is 0 Å². The molecule has 0 radical (unpaired) electrons. The molecule has 0 saturated heterocycles. The molecule has 1 atom stereocenters. The van der Waals surface area contributed by atoms with E-state index in [1.54, 1.807) is 11.8 Å². The predicted molar refractivity (Wildman–Crippen MR) is 76.4 cm³/mol. The Kier molecular flexibility index (Phi) is 4.12. The summed E-state index contributed by atoms with van der Waals surface area (Å²) in [5, 5.41) is 9.01. The van der Waals surface area contributed by atoms with Crippen molar-refractivity contribution < 1.29 is 14.7 Å². The molecule has 108 valence electrons. The molecule has 1 aromatic rings. The Labute approximate surface area is 119 Å². The molecule has 0 spiro atoms.